The maximum Gasteiger partial charge on any atom is 0.320 e. The fourth-order valence-corrected chi connectivity index (χ4v) is 2.23. The summed E-state index contributed by atoms with van der Waals surface area (Å²) in [4.78, 5) is 24.5. The van der Waals surface area contributed by atoms with E-state index in [-0.39, 0.29) is 5.78 Å². The number of aryl methyl sites for hydroxylation is 1. The first-order valence-electron chi connectivity index (χ1n) is 6.62. The van der Waals surface area contributed by atoms with Gasteiger partial charge in [0.1, 0.15) is 5.92 Å². The lowest BCUT2D eigenvalue weighted by molar-refractivity contribution is -0.142. The van der Waals surface area contributed by atoms with Crippen molar-refractivity contribution in [3.05, 3.63) is 47.2 Å². The summed E-state index contributed by atoms with van der Waals surface area (Å²) in [6.45, 7) is 2.57. The van der Waals surface area contributed by atoms with Crippen molar-refractivity contribution in [2.45, 2.75) is 19.8 Å². The lowest BCUT2D eigenvalue weighted by atomic mass is 9.88. The number of carbonyl (C=O) groups excluding carboxylic acids is 2. The minimum atomic E-state index is -0.900. The van der Waals surface area contributed by atoms with Gasteiger partial charge >= 0.3 is 5.97 Å². The standard InChI is InChI=1S/C16H18O4/c1-11-5-7-12(8-6-11)15(17)14(16(18)19-2)13-4-3-9-20-10-13/h5-8,10,14H,3-4,9H2,1-2H3. The highest BCUT2D eigenvalue weighted by Crippen LogP contribution is 2.25. The summed E-state index contributed by atoms with van der Waals surface area (Å²) in [5.74, 6) is -1.68. The van der Waals surface area contributed by atoms with Crippen LogP contribution in [0.5, 0.6) is 0 Å². The highest BCUT2D eigenvalue weighted by Gasteiger charge is 2.33. The Morgan fingerprint density at radius 1 is 1.25 bits per heavy atom. The summed E-state index contributed by atoms with van der Waals surface area (Å²) in [6, 6.07) is 7.18. The first kappa shape index (κ1) is 14.3. The Morgan fingerprint density at radius 3 is 2.50 bits per heavy atom. The third kappa shape index (κ3) is 3.07. The van der Waals surface area contributed by atoms with Gasteiger partial charge in [0.05, 0.1) is 20.0 Å². The molecule has 1 aliphatic heterocycles. The molecule has 0 bridgehead atoms. The Morgan fingerprint density at radius 2 is 1.95 bits per heavy atom. The van der Waals surface area contributed by atoms with E-state index in [9.17, 15) is 9.59 Å². The maximum absolute atomic E-state index is 12.6. The van der Waals surface area contributed by atoms with Crippen LogP contribution in [0.3, 0.4) is 0 Å². The van der Waals surface area contributed by atoms with Crippen LogP contribution in [0.4, 0.5) is 0 Å². The molecule has 2 rings (SSSR count). The number of Topliss-reactive ketones (excluding diaryl/α,β-unsaturated/α-hetero) is 1. The van der Waals surface area contributed by atoms with Crippen molar-refractivity contribution in [2.24, 2.45) is 5.92 Å². The number of methoxy groups -OCH3 is 1. The summed E-state index contributed by atoms with van der Waals surface area (Å²) in [6.07, 6.45) is 3.01. The largest absolute Gasteiger partial charge is 0.501 e. The molecule has 0 aliphatic carbocycles. The Bertz CT molecular complexity index is 528. The van der Waals surface area contributed by atoms with Gasteiger partial charge in [-0.2, -0.15) is 0 Å². The molecular weight excluding hydrogens is 256 g/mol. The number of hydrogen-bond donors (Lipinski definition) is 0. The molecule has 0 spiro atoms. The van der Waals surface area contributed by atoms with Crippen molar-refractivity contribution in [1.29, 1.82) is 0 Å². The van der Waals surface area contributed by atoms with Gasteiger partial charge in [-0.05, 0) is 25.3 Å². The zero-order chi connectivity index (χ0) is 14.5. The molecule has 1 aromatic rings. The van der Waals surface area contributed by atoms with Crippen LogP contribution in [0.2, 0.25) is 0 Å². The van der Waals surface area contributed by atoms with Crippen LogP contribution in [0, 0.1) is 12.8 Å². The van der Waals surface area contributed by atoms with E-state index < -0.39 is 11.9 Å². The molecule has 0 saturated heterocycles. The fraction of sp³-hybridized carbons (Fsp3) is 0.375. The molecule has 1 aromatic carbocycles. The normalized spacial score (nSPS) is 15.8. The number of rotatable bonds is 4. The summed E-state index contributed by atoms with van der Waals surface area (Å²) >= 11 is 0. The monoisotopic (exact) mass is 274 g/mol. The predicted octanol–water partition coefficient (Wildman–Crippen LogP) is 2.66. The summed E-state index contributed by atoms with van der Waals surface area (Å²) < 4.78 is 10.0. The van der Waals surface area contributed by atoms with Gasteiger partial charge in [-0.15, -0.1) is 0 Å². The highest BCUT2D eigenvalue weighted by molar-refractivity contribution is 6.10. The third-order valence-corrected chi connectivity index (χ3v) is 3.37. The van der Waals surface area contributed by atoms with E-state index >= 15 is 0 Å². The number of ketones is 1. The summed E-state index contributed by atoms with van der Waals surface area (Å²) in [7, 11) is 1.29. The molecule has 0 saturated carbocycles. The van der Waals surface area contributed by atoms with Crippen LogP contribution in [-0.4, -0.2) is 25.5 Å². The molecule has 4 heteroatoms. The average molecular weight is 274 g/mol. The van der Waals surface area contributed by atoms with Gasteiger partial charge in [-0.25, -0.2) is 0 Å². The zero-order valence-electron chi connectivity index (χ0n) is 11.7. The SMILES string of the molecule is COC(=O)C(C(=O)c1ccc(C)cc1)C1=COCCC1. The van der Waals surface area contributed by atoms with Gasteiger partial charge in [0.15, 0.2) is 5.78 Å². The topological polar surface area (TPSA) is 52.6 Å². The summed E-state index contributed by atoms with van der Waals surface area (Å²) in [5, 5.41) is 0. The van der Waals surface area contributed by atoms with Gasteiger partial charge in [0, 0.05) is 5.56 Å². The van der Waals surface area contributed by atoms with E-state index in [1.807, 2.05) is 19.1 Å². The first-order chi connectivity index (χ1) is 9.63. The van der Waals surface area contributed by atoms with Gasteiger partial charge in [0.2, 0.25) is 0 Å². The van der Waals surface area contributed by atoms with Crippen LogP contribution in [0.1, 0.15) is 28.8 Å². The Hall–Kier alpha value is -2.10. The minimum Gasteiger partial charge on any atom is -0.501 e. The first-order valence-corrected chi connectivity index (χ1v) is 6.62. The molecule has 0 fully saturated rings. The molecule has 0 amide bonds. The van der Waals surface area contributed by atoms with E-state index in [1.165, 1.54) is 13.4 Å². The van der Waals surface area contributed by atoms with Crippen molar-refractivity contribution in [3.8, 4) is 0 Å². The Balaban J connectivity index is 2.31. The zero-order valence-corrected chi connectivity index (χ0v) is 11.7. The van der Waals surface area contributed by atoms with Crippen LogP contribution in [0.15, 0.2) is 36.1 Å². The van der Waals surface area contributed by atoms with Crippen molar-refractivity contribution >= 4 is 11.8 Å². The van der Waals surface area contributed by atoms with Crippen molar-refractivity contribution < 1.29 is 19.1 Å². The van der Waals surface area contributed by atoms with Crippen LogP contribution >= 0.6 is 0 Å². The van der Waals surface area contributed by atoms with Crippen LogP contribution in [-0.2, 0) is 14.3 Å². The molecule has 0 aromatic heterocycles. The maximum atomic E-state index is 12.6. The fourth-order valence-electron chi connectivity index (χ4n) is 2.23. The molecule has 4 nitrogen and oxygen atoms in total. The third-order valence-electron chi connectivity index (χ3n) is 3.37. The predicted molar refractivity (Wildman–Crippen MR) is 74.3 cm³/mol. The molecule has 20 heavy (non-hydrogen) atoms. The van der Waals surface area contributed by atoms with E-state index in [0.717, 1.165) is 12.0 Å². The number of carbonyl (C=O) groups is 2. The van der Waals surface area contributed by atoms with Gasteiger partial charge in [-0.3, -0.25) is 9.59 Å². The Kier molecular flexibility index (Phi) is 4.56. The smallest absolute Gasteiger partial charge is 0.320 e. The van der Waals surface area contributed by atoms with E-state index in [1.54, 1.807) is 12.1 Å². The molecule has 106 valence electrons. The Labute approximate surface area is 118 Å². The lowest BCUT2D eigenvalue weighted by Gasteiger charge is -2.20. The van der Waals surface area contributed by atoms with E-state index in [2.05, 4.69) is 0 Å². The summed E-state index contributed by atoms with van der Waals surface area (Å²) in [5.41, 5.74) is 2.27. The molecule has 1 aliphatic rings. The number of hydrogen-bond acceptors (Lipinski definition) is 4. The number of esters is 1. The number of ether oxygens (including phenoxy) is 2. The molecular formula is C16H18O4. The number of benzene rings is 1. The molecule has 1 atom stereocenters. The van der Waals surface area contributed by atoms with Crippen LogP contribution < -0.4 is 0 Å². The lowest BCUT2D eigenvalue weighted by Crippen LogP contribution is -2.28. The second kappa shape index (κ2) is 6.37. The van der Waals surface area contributed by atoms with Crippen molar-refractivity contribution in [2.75, 3.05) is 13.7 Å². The van der Waals surface area contributed by atoms with Gasteiger partial charge in [-0.1, -0.05) is 29.8 Å². The van der Waals surface area contributed by atoms with Crippen molar-refractivity contribution in [1.82, 2.24) is 0 Å². The minimum absolute atomic E-state index is 0.242. The highest BCUT2D eigenvalue weighted by atomic mass is 16.5. The average Bonchev–Trinajstić information content (AvgIpc) is 2.49. The van der Waals surface area contributed by atoms with E-state index in [0.29, 0.717) is 24.2 Å². The quantitative estimate of drug-likeness (QED) is 0.481. The van der Waals surface area contributed by atoms with Crippen LogP contribution in [0.25, 0.3) is 0 Å². The van der Waals surface area contributed by atoms with Gasteiger partial charge in [0.25, 0.3) is 0 Å². The molecule has 1 heterocycles. The van der Waals surface area contributed by atoms with Gasteiger partial charge < -0.3 is 9.47 Å². The molecule has 1 unspecified atom stereocenters. The molecule has 0 radical (unpaired) electrons. The second-order valence-corrected chi connectivity index (χ2v) is 4.85. The van der Waals surface area contributed by atoms with E-state index in [4.69, 9.17) is 9.47 Å². The van der Waals surface area contributed by atoms with Crippen molar-refractivity contribution in [3.63, 3.8) is 0 Å². The molecule has 0 N–H and O–H groups in total. The second-order valence-electron chi connectivity index (χ2n) is 4.85.